The van der Waals surface area contributed by atoms with Crippen molar-refractivity contribution in [3.63, 3.8) is 0 Å². The van der Waals surface area contributed by atoms with Crippen LogP contribution in [0.4, 0.5) is 0 Å². The van der Waals surface area contributed by atoms with E-state index in [1.165, 1.54) is 18.4 Å². The van der Waals surface area contributed by atoms with Gasteiger partial charge in [0.15, 0.2) is 0 Å². The van der Waals surface area contributed by atoms with E-state index in [9.17, 15) is 4.79 Å². The molecule has 18 heavy (non-hydrogen) atoms. The van der Waals surface area contributed by atoms with Gasteiger partial charge in [-0.25, -0.2) is 0 Å². The van der Waals surface area contributed by atoms with E-state index in [0.717, 1.165) is 13.1 Å². The van der Waals surface area contributed by atoms with Crippen molar-refractivity contribution < 1.29 is 4.79 Å². The highest BCUT2D eigenvalue weighted by Gasteiger charge is 2.44. The highest BCUT2D eigenvalue weighted by molar-refractivity contribution is 5.76. The fourth-order valence-electron chi connectivity index (χ4n) is 2.19. The van der Waals surface area contributed by atoms with Crippen molar-refractivity contribution in [2.45, 2.75) is 24.7 Å². The van der Waals surface area contributed by atoms with Gasteiger partial charge in [-0.3, -0.25) is 4.79 Å². The molecule has 0 radical (unpaired) electrons. The average molecular weight is 246 g/mol. The molecule has 1 amide bonds. The molecule has 0 atom stereocenters. The second-order valence-electron chi connectivity index (χ2n) is 5.48. The lowest BCUT2D eigenvalue weighted by atomic mass is 9.96. The fourth-order valence-corrected chi connectivity index (χ4v) is 2.19. The molecule has 1 aliphatic rings. The standard InChI is InChI=1S/C15H22N2O/c1-17(2)11-8-14(18)16-12-15(9-10-15)13-6-4-3-5-7-13/h3-7H,8-12H2,1-2H3,(H,16,18). The minimum absolute atomic E-state index is 0.158. The number of carbonyl (C=O) groups is 1. The number of hydrogen-bond acceptors (Lipinski definition) is 2. The van der Waals surface area contributed by atoms with Gasteiger partial charge >= 0.3 is 0 Å². The summed E-state index contributed by atoms with van der Waals surface area (Å²) < 4.78 is 0. The second-order valence-corrected chi connectivity index (χ2v) is 5.48. The lowest BCUT2D eigenvalue weighted by molar-refractivity contribution is -0.121. The number of hydrogen-bond donors (Lipinski definition) is 1. The molecule has 1 aliphatic carbocycles. The summed E-state index contributed by atoms with van der Waals surface area (Å²) in [7, 11) is 3.97. The van der Waals surface area contributed by atoms with E-state index in [2.05, 4.69) is 29.6 Å². The smallest absolute Gasteiger partial charge is 0.221 e. The van der Waals surface area contributed by atoms with Crippen LogP contribution in [0.1, 0.15) is 24.8 Å². The van der Waals surface area contributed by atoms with Crippen LogP contribution in [0.2, 0.25) is 0 Å². The molecule has 98 valence electrons. The highest BCUT2D eigenvalue weighted by atomic mass is 16.1. The summed E-state index contributed by atoms with van der Waals surface area (Å²) >= 11 is 0. The van der Waals surface area contributed by atoms with E-state index in [1.54, 1.807) is 0 Å². The third-order valence-electron chi connectivity index (χ3n) is 3.65. The van der Waals surface area contributed by atoms with Crippen LogP contribution in [0.15, 0.2) is 30.3 Å². The first kappa shape index (κ1) is 13.1. The molecule has 2 rings (SSSR count). The van der Waals surface area contributed by atoms with Crippen LogP contribution in [-0.2, 0) is 10.2 Å². The van der Waals surface area contributed by atoms with Crippen molar-refractivity contribution in [1.29, 1.82) is 0 Å². The molecule has 0 aromatic heterocycles. The SMILES string of the molecule is CN(C)CCC(=O)NCC1(c2ccccc2)CC1. The average Bonchev–Trinajstić information content (AvgIpc) is 3.16. The summed E-state index contributed by atoms with van der Waals surface area (Å²) in [4.78, 5) is 13.7. The van der Waals surface area contributed by atoms with Gasteiger partial charge in [-0.1, -0.05) is 30.3 Å². The lowest BCUT2D eigenvalue weighted by Crippen LogP contribution is -2.33. The third kappa shape index (κ3) is 3.33. The molecule has 0 heterocycles. The summed E-state index contributed by atoms with van der Waals surface area (Å²) in [6.45, 7) is 1.59. The van der Waals surface area contributed by atoms with Crippen molar-refractivity contribution in [3.8, 4) is 0 Å². The molecule has 0 aliphatic heterocycles. The van der Waals surface area contributed by atoms with Crippen molar-refractivity contribution >= 4 is 5.91 Å². The Hall–Kier alpha value is -1.35. The summed E-state index contributed by atoms with van der Waals surface area (Å²) in [6, 6.07) is 10.5. The van der Waals surface area contributed by atoms with Crippen LogP contribution < -0.4 is 5.32 Å². The zero-order valence-corrected chi connectivity index (χ0v) is 11.3. The van der Waals surface area contributed by atoms with Crippen LogP contribution in [0.5, 0.6) is 0 Å². The Balaban J connectivity index is 1.82. The molecule has 3 nitrogen and oxygen atoms in total. The van der Waals surface area contributed by atoms with Crippen molar-refractivity contribution in [3.05, 3.63) is 35.9 Å². The Morgan fingerprint density at radius 1 is 1.28 bits per heavy atom. The number of carbonyl (C=O) groups excluding carboxylic acids is 1. The van der Waals surface area contributed by atoms with Crippen LogP contribution in [0.3, 0.4) is 0 Å². The lowest BCUT2D eigenvalue weighted by Gasteiger charge is -2.17. The van der Waals surface area contributed by atoms with E-state index in [1.807, 2.05) is 25.1 Å². The van der Waals surface area contributed by atoms with E-state index < -0.39 is 0 Å². The van der Waals surface area contributed by atoms with Gasteiger partial charge in [-0.2, -0.15) is 0 Å². The number of benzene rings is 1. The summed E-state index contributed by atoms with van der Waals surface area (Å²) in [6.07, 6.45) is 2.95. The Morgan fingerprint density at radius 3 is 2.50 bits per heavy atom. The van der Waals surface area contributed by atoms with Crippen LogP contribution in [0.25, 0.3) is 0 Å². The van der Waals surface area contributed by atoms with Crippen LogP contribution in [-0.4, -0.2) is 38.0 Å². The second kappa shape index (κ2) is 5.53. The fraction of sp³-hybridized carbons (Fsp3) is 0.533. The maximum Gasteiger partial charge on any atom is 0.221 e. The zero-order valence-electron chi connectivity index (χ0n) is 11.3. The van der Waals surface area contributed by atoms with E-state index >= 15 is 0 Å². The van der Waals surface area contributed by atoms with Crippen molar-refractivity contribution in [2.24, 2.45) is 0 Å². The molecule has 1 aromatic rings. The molecule has 0 bridgehead atoms. The van der Waals surface area contributed by atoms with Gasteiger partial charge in [0.2, 0.25) is 5.91 Å². The minimum Gasteiger partial charge on any atom is -0.355 e. The molecular weight excluding hydrogens is 224 g/mol. The maximum absolute atomic E-state index is 11.7. The third-order valence-corrected chi connectivity index (χ3v) is 3.65. The van der Waals surface area contributed by atoms with Gasteiger partial charge in [-0.15, -0.1) is 0 Å². The summed E-state index contributed by atoms with van der Waals surface area (Å²) in [5, 5.41) is 3.07. The topological polar surface area (TPSA) is 32.3 Å². The van der Waals surface area contributed by atoms with E-state index in [4.69, 9.17) is 0 Å². The van der Waals surface area contributed by atoms with Crippen molar-refractivity contribution in [1.82, 2.24) is 10.2 Å². The largest absolute Gasteiger partial charge is 0.355 e. The summed E-state index contributed by atoms with van der Waals surface area (Å²) in [5.41, 5.74) is 1.58. The van der Waals surface area contributed by atoms with Gasteiger partial charge < -0.3 is 10.2 Å². The number of rotatable bonds is 6. The molecule has 1 saturated carbocycles. The van der Waals surface area contributed by atoms with Gasteiger partial charge in [0.05, 0.1) is 0 Å². The predicted octanol–water partition coefficient (Wildman–Crippen LogP) is 1.79. The molecule has 0 spiro atoms. The Bertz CT molecular complexity index is 396. The maximum atomic E-state index is 11.7. The van der Waals surface area contributed by atoms with Crippen molar-refractivity contribution in [2.75, 3.05) is 27.2 Å². The Kier molecular flexibility index (Phi) is 4.02. The molecule has 1 aromatic carbocycles. The van der Waals surface area contributed by atoms with Gasteiger partial charge in [-0.05, 0) is 32.5 Å². The quantitative estimate of drug-likeness (QED) is 0.830. The normalized spacial score (nSPS) is 16.6. The first-order valence-corrected chi connectivity index (χ1v) is 6.59. The highest BCUT2D eigenvalue weighted by Crippen LogP contribution is 2.47. The number of amides is 1. The monoisotopic (exact) mass is 246 g/mol. The van der Waals surface area contributed by atoms with Crippen LogP contribution >= 0.6 is 0 Å². The van der Waals surface area contributed by atoms with Gasteiger partial charge in [0.1, 0.15) is 0 Å². The Morgan fingerprint density at radius 2 is 1.94 bits per heavy atom. The predicted molar refractivity (Wildman–Crippen MR) is 73.5 cm³/mol. The van der Waals surface area contributed by atoms with E-state index in [0.29, 0.717) is 6.42 Å². The first-order valence-electron chi connectivity index (χ1n) is 6.59. The van der Waals surface area contributed by atoms with E-state index in [-0.39, 0.29) is 11.3 Å². The number of nitrogens with one attached hydrogen (secondary N) is 1. The zero-order chi connectivity index (χ0) is 13.0. The molecule has 0 unspecified atom stereocenters. The van der Waals surface area contributed by atoms with Crippen LogP contribution in [0, 0.1) is 0 Å². The van der Waals surface area contributed by atoms with Gasteiger partial charge in [0.25, 0.3) is 0 Å². The molecule has 3 heteroatoms. The summed E-state index contributed by atoms with van der Waals surface area (Å²) in [5.74, 6) is 0.158. The molecular formula is C15H22N2O. The van der Waals surface area contributed by atoms with Gasteiger partial charge in [0, 0.05) is 24.9 Å². The molecule has 1 N–H and O–H groups in total. The Labute approximate surface area is 109 Å². The molecule has 1 fully saturated rings. The number of nitrogens with zero attached hydrogens (tertiary/aromatic N) is 1. The molecule has 0 saturated heterocycles. The minimum atomic E-state index is 0.158. The first-order chi connectivity index (χ1) is 8.62.